The van der Waals surface area contributed by atoms with Crippen LogP contribution in [0.5, 0.6) is 11.5 Å². The Hall–Kier alpha value is -2.08. The minimum atomic E-state index is -4.55. The van der Waals surface area contributed by atoms with E-state index in [1.54, 1.807) is 12.1 Å². The van der Waals surface area contributed by atoms with Crippen molar-refractivity contribution in [2.45, 2.75) is 13.1 Å². The lowest BCUT2D eigenvalue weighted by Gasteiger charge is -2.15. The third-order valence-corrected chi connectivity index (χ3v) is 3.10. The van der Waals surface area contributed by atoms with Crippen molar-refractivity contribution in [3.8, 4) is 11.5 Å². The SMILES string of the molecule is Cc1ccccc1Oc1ccc(C(N)=S)c(C(F)(F)F)c1. The number of benzene rings is 2. The van der Waals surface area contributed by atoms with Gasteiger partial charge in [0.15, 0.2) is 0 Å². The molecule has 0 aliphatic carbocycles. The number of halogens is 3. The van der Waals surface area contributed by atoms with Crippen LogP contribution in [0.15, 0.2) is 42.5 Å². The molecule has 0 aliphatic rings. The van der Waals surface area contributed by atoms with E-state index in [2.05, 4.69) is 12.2 Å². The van der Waals surface area contributed by atoms with Crippen LogP contribution in [0.1, 0.15) is 16.7 Å². The number of rotatable bonds is 3. The molecule has 0 radical (unpaired) electrons. The van der Waals surface area contributed by atoms with Crippen molar-refractivity contribution >= 4 is 17.2 Å². The van der Waals surface area contributed by atoms with Gasteiger partial charge >= 0.3 is 6.18 Å². The minimum Gasteiger partial charge on any atom is -0.457 e. The second-order valence-electron chi connectivity index (χ2n) is 4.44. The molecule has 0 spiro atoms. The summed E-state index contributed by atoms with van der Waals surface area (Å²) in [5, 5.41) is 0. The average molecular weight is 311 g/mol. The van der Waals surface area contributed by atoms with Gasteiger partial charge in [-0.1, -0.05) is 30.4 Å². The zero-order valence-electron chi connectivity index (χ0n) is 11.1. The highest BCUT2D eigenvalue weighted by Gasteiger charge is 2.34. The predicted octanol–water partition coefficient (Wildman–Crippen LogP) is 4.44. The summed E-state index contributed by atoms with van der Waals surface area (Å²) in [6.07, 6.45) is -4.55. The van der Waals surface area contributed by atoms with Crippen molar-refractivity contribution in [1.29, 1.82) is 0 Å². The molecule has 0 saturated carbocycles. The normalized spacial score (nSPS) is 11.2. The van der Waals surface area contributed by atoms with Gasteiger partial charge in [0.2, 0.25) is 0 Å². The second kappa shape index (κ2) is 5.73. The summed E-state index contributed by atoms with van der Waals surface area (Å²) in [7, 11) is 0. The Balaban J connectivity index is 2.43. The summed E-state index contributed by atoms with van der Waals surface area (Å²) in [5.41, 5.74) is 5.04. The molecule has 0 amide bonds. The Morgan fingerprint density at radius 1 is 1.14 bits per heavy atom. The number of para-hydroxylation sites is 1. The van der Waals surface area contributed by atoms with E-state index in [4.69, 9.17) is 10.5 Å². The van der Waals surface area contributed by atoms with Crippen molar-refractivity contribution in [1.82, 2.24) is 0 Å². The quantitative estimate of drug-likeness (QED) is 0.851. The van der Waals surface area contributed by atoms with E-state index in [9.17, 15) is 13.2 Å². The van der Waals surface area contributed by atoms with Gasteiger partial charge in [-0.05, 0) is 36.8 Å². The van der Waals surface area contributed by atoms with Crippen LogP contribution in [0.3, 0.4) is 0 Å². The van der Waals surface area contributed by atoms with Crippen molar-refractivity contribution in [3.05, 3.63) is 59.2 Å². The van der Waals surface area contributed by atoms with Gasteiger partial charge < -0.3 is 10.5 Å². The van der Waals surface area contributed by atoms with E-state index >= 15 is 0 Å². The Bertz CT molecular complexity index is 683. The van der Waals surface area contributed by atoms with Crippen molar-refractivity contribution in [3.63, 3.8) is 0 Å². The minimum absolute atomic E-state index is 0.0802. The third-order valence-electron chi connectivity index (χ3n) is 2.88. The Kier molecular flexibility index (Phi) is 4.18. The number of hydrogen-bond donors (Lipinski definition) is 1. The zero-order chi connectivity index (χ0) is 15.6. The maximum atomic E-state index is 13.0. The summed E-state index contributed by atoms with van der Waals surface area (Å²) in [6.45, 7) is 1.81. The monoisotopic (exact) mass is 311 g/mol. The highest BCUT2D eigenvalue weighted by Crippen LogP contribution is 2.36. The number of aryl methyl sites for hydroxylation is 1. The Morgan fingerprint density at radius 3 is 2.38 bits per heavy atom. The molecule has 110 valence electrons. The van der Waals surface area contributed by atoms with E-state index in [0.29, 0.717) is 5.75 Å². The van der Waals surface area contributed by atoms with Gasteiger partial charge in [0.1, 0.15) is 16.5 Å². The Labute approximate surface area is 125 Å². The molecule has 21 heavy (non-hydrogen) atoms. The number of hydrogen-bond acceptors (Lipinski definition) is 2. The number of nitrogens with two attached hydrogens (primary N) is 1. The topological polar surface area (TPSA) is 35.2 Å². The molecule has 2 nitrogen and oxygen atoms in total. The van der Waals surface area contributed by atoms with Gasteiger partial charge in [-0.25, -0.2) is 0 Å². The van der Waals surface area contributed by atoms with E-state index in [1.165, 1.54) is 12.1 Å². The predicted molar refractivity (Wildman–Crippen MR) is 78.6 cm³/mol. The largest absolute Gasteiger partial charge is 0.457 e. The first-order valence-corrected chi connectivity index (χ1v) is 6.44. The Morgan fingerprint density at radius 2 is 1.81 bits per heavy atom. The molecule has 2 rings (SSSR count). The second-order valence-corrected chi connectivity index (χ2v) is 4.88. The molecular formula is C15H12F3NOS. The van der Waals surface area contributed by atoms with Crippen molar-refractivity contribution in [2.24, 2.45) is 5.73 Å². The van der Waals surface area contributed by atoms with Gasteiger partial charge in [-0.3, -0.25) is 0 Å². The lowest BCUT2D eigenvalue weighted by atomic mass is 10.1. The number of thiocarbonyl (C=S) groups is 1. The van der Waals surface area contributed by atoms with Gasteiger partial charge in [0, 0.05) is 5.56 Å². The molecule has 0 heterocycles. The molecule has 0 saturated heterocycles. The number of alkyl halides is 3. The molecule has 0 unspecified atom stereocenters. The molecule has 0 bridgehead atoms. The third kappa shape index (κ3) is 3.52. The van der Waals surface area contributed by atoms with Crippen LogP contribution in [0.2, 0.25) is 0 Å². The summed E-state index contributed by atoms with van der Waals surface area (Å²) in [6, 6.07) is 10.6. The van der Waals surface area contributed by atoms with Crippen LogP contribution >= 0.6 is 12.2 Å². The average Bonchev–Trinajstić information content (AvgIpc) is 2.40. The maximum Gasteiger partial charge on any atom is 0.417 e. The molecule has 2 aromatic carbocycles. The fourth-order valence-corrected chi connectivity index (χ4v) is 2.01. The van der Waals surface area contributed by atoms with Crippen molar-refractivity contribution < 1.29 is 17.9 Å². The van der Waals surface area contributed by atoms with Crippen LogP contribution in [0.4, 0.5) is 13.2 Å². The van der Waals surface area contributed by atoms with Gasteiger partial charge in [0.05, 0.1) is 5.56 Å². The molecule has 0 atom stereocenters. The number of ether oxygens (including phenoxy) is 1. The zero-order valence-corrected chi connectivity index (χ0v) is 11.9. The highest BCUT2D eigenvalue weighted by molar-refractivity contribution is 7.80. The molecule has 0 fully saturated rings. The molecule has 6 heteroatoms. The molecule has 2 N–H and O–H groups in total. The fraction of sp³-hybridized carbons (Fsp3) is 0.133. The lowest BCUT2D eigenvalue weighted by Crippen LogP contribution is -2.17. The van der Waals surface area contributed by atoms with Gasteiger partial charge in [0.25, 0.3) is 0 Å². The van der Waals surface area contributed by atoms with Crippen LogP contribution in [0.25, 0.3) is 0 Å². The lowest BCUT2D eigenvalue weighted by molar-refractivity contribution is -0.137. The van der Waals surface area contributed by atoms with E-state index < -0.39 is 11.7 Å². The highest BCUT2D eigenvalue weighted by atomic mass is 32.1. The first kappa shape index (κ1) is 15.3. The van der Waals surface area contributed by atoms with Gasteiger partial charge in [-0.2, -0.15) is 13.2 Å². The summed E-state index contributed by atoms with van der Waals surface area (Å²) in [4.78, 5) is -0.301. The van der Waals surface area contributed by atoms with Gasteiger partial charge in [-0.15, -0.1) is 0 Å². The summed E-state index contributed by atoms with van der Waals surface area (Å²) < 4.78 is 44.6. The summed E-state index contributed by atoms with van der Waals surface area (Å²) in [5.74, 6) is 0.574. The smallest absolute Gasteiger partial charge is 0.417 e. The van der Waals surface area contributed by atoms with E-state index in [0.717, 1.165) is 11.6 Å². The first-order valence-electron chi connectivity index (χ1n) is 6.03. The standard InChI is InChI=1S/C15H12F3NOS/c1-9-4-2-3-5-13(9)20-10-6-7-11(14(19)21)12(8-10)15(16,17)18/h2-8H,1H3,(H2,19,21). The van der Waals surface area contributed by atoms with Crippen LogP contribution in [-0.2, 0) is 6.18 Å². The maximum absolute atomic E-state index is 13.0. The van der Waals surface area contributed by atoms with Crippen LogP contribution < -0.4 is 10.5 Å². The van der Waals surface area contributed by atoms with Crippen molar-refractivity contribution in [2.75, 3.05) is 0 Å². The first-order chi connectivity index (χ1) is 9.79. The van der Waals surface area contributed by atoms with Crippen LogP contribution in [0, 0.1) is 6.92 Å². The molecular weight excluding hydrogens is 299 g/mol. The molecule has 0 aromatic heterocycles. The summed E-state index contributed by atoms with van der Waals surface area (Å²) >= 11 is 4.65. The van der Waals surface area contributed by atoms with E-state index in [1.807, 2.05) is 19.1 Å². The van der Waals surface area contributed by atoms with Crippen LogP contribution in [-0.4, -0.2) is 4.99 Å². The molecule has 2 aromatic rings. The molecule has 0 aliphatic heterocycles. The van der Waals surface area contributed by atoms with E-state index in [-0.39, 0.29) is 16.3 Å². The fourth-order valence-electron chi connectivity index (χ4n) is 1.83.